The van der Waals surface area contributed by atoms with Crippen molar-refractivity contribution in [3.8, 4) is 0 Å². The van der Waals surface area contributed by atoms with Gasteiger partial charge in [-0.05, 0) is 37.2 Å². The van der Waals surface area contributed by atoms with Crippen LogP contribution in [0.2, 0.25) is 0 Å². The van der Waals surface area contributed by atoms with Gasteiger partial charge in [-0.25, -0.2) is 0 Å². The molecule has 1 atom stereocenters. The largest absolute Gasteiger partial charge is 0.341 e. The van der Waals surface area contributed by atoms with Gasteiger partial charge in [-0.2, -0.15) is 0 Å². The van der Waals surface area contributed by atoms with Crippen LogP contribution in [0.4, 0.5) is 0 Å². The Morgan fingerprint density at radius 2 is 1.90 bits per heavy atom. The standard InChI is InChI=1S/C18H26N2O/c19-18(10-5-2-6-11-18)17(21)20-12-9-16(14-20)13-15-7-3-1-4-8-15/h1,3-4,7-8,16H,2,5-6,9-14,19H2. The fourth-order valence-electron chi connectivity index (χ4n) is 3.84. The molecule has 0 radical (unpaired) electrons. The third-order valence-corrected chi connectivity index (χ3v) is 5.11. The Labute approximate surface area is 127 Å². The summed E-state index contributed by atoms with van der Waals surface area (Å²) in [6, 6.07) is 10.6. The molecule has 1 aliphatic heterocycles. The monoisotopic (exact) mass is 286 g/mol. The van der Waals surface area contributed by atoms with E-state index in [4.69, 9.17) is 5.73 Å². The van der Waals surface area contributed by atoms with Crippen molar-refractivity contribution in [3.63, 3.8) is 0 Å². The first-order valence-electron chi connectivity index (χ1n) is 8.29. The Bertz CT molecular complexity index is 479. The van der Waals surface area contributed by atoms with Crippen LogP contribution < -0.4 is 5.73 Å². The van der Waals surface area contributed by atoms with Crippen LogP contribution >= 0.6 is 0 Å². The zero-order valence-electron chi connectivity index (χ0n) is 12.8. The summed E-state index contributed by atoms with van der Waals surface area (Å²) in [6.45, 7) is 1.77. The summed E-state index contributed by atoms with van der Waals surface area (Å²) in [5, 5.41) is 0. The highest BCUT2D eigenvalue weighted by atomic mass is 16.2. The number of carbonyl (C=O) groups is 1. The van der Waals surface area contributed by atoms with Crippen molar-refractivity contribution in [1.82, 2.24) is 4.90 Å². The molecular weight excluding hydrogens is 260 g/mol. The smallest absolute Gasteiger partial charge is 0.242 e. The van der Waals surface area contributed by atoms with Gasteiger partial charge in [0, 0.05) is 13.1 Å². The molecular formula is C18H26N2O. The van der Waals surface area contributed by atoms with Gasteiger partial charge in [0.1, 0.15) is 0 Å². The van der Waals surface area contributed by atoms with Crippen LogP contribution in [-0.4, -0.2) is 29.4 Å². The summed E-state index contributed by atoms with van der Waals surface area (Å²) in [5.41, 5.74) is 7.19. The van der Waals surface area contributed by atoms with Crippen LogP contribution in [0, 0.1) is 5.92 Å². The third-order valence-electron chi connectivity index (χ3n) is 5.11. The van der Waals surface area contributed by atoms with Crippen LogP contribution in [0.5, 0.6) is 0 Å². The van der Waals surface area contributed by atoms with E-state index in [0.717, 1.165) is 51.6 Å². The Morgan fingerprint density at radius 1 is 1.19 bits per heavy atom. The van der Waals surface area contributed by atoms with Gasteiger partial charge in [-0.15, -0.1) is 0 Å². The maximum atomic E-state index is 12.7. The molecule has 0 aromatic heterocycles. The zero-order valence-corrected chi connectivity index (χ0v) is 12.8. The van der Waals surface area contributed by atoms with Gasteiger partial charge < -0.3 is 10.6 Å². The number of hydrogen-bond acceptors (Lipinski definition) is 2. The second kappa shape index (κ2) is 6.18. The van der Waals surface area contributed by atoms with Crippen LogP contribution in [0.15, 0.2) is 30.3 Å². The summed E-state index contributed by atoms with van der Waals surface area (Å²) in [5.74, 6) is 0.793. The first-order chi connectivity index (χ1) is 10.2. The van der Waals surface area contributed by atoms with Crippen molar-refractivity contribution in [1.29, 1.82) is 0 Å². The maximum absolute atomic E-state index is 12.7. The molecule has 0 spiro atoms. The molecule has 21 heavy (non-hydrogen) atoms. The molecule has 2 fully saturated rings. The van der Waals surface area contributed by atoms with Gasteiger partial charge in [0.2, 0.25) is 5.91 Å². The second-order valence-electron chi connectivity index (χ2n) is 6.81. The van der Waals surface area contributed by atoms with E-state index in [9.17, 15) is 4.79 Å². The third kappa shape index (κ3) is 3.29. The lowest BCUT2D eigenvalue weighted by Crippen LogP contribution is -2.55. The van der Waals surface area contributed by atoms with E-state index in [-0.39, 0.29) is 5.91 Å². The number of hydrogen-bond donors (Lipinski definition) is 1. The van der Waals surface area contributed by atoms with Gasteiger partial charge in [0.15, 0.2) is 0 Å². The average molecular weight is 286 g/mol. The Morgan fingerprint density at radius 3 is 2.62 bits per heavy atom. The van der Waals surface area contributed by atoms with Crippen molar-refractivity contribution in [2.24, 2.45) is 11.7 Å². The molecule has 1 aliphatic carbocycles. The van der Waals surface area contributed by atoms with Gasteiger partial charge >= 0.3 is 0 Å². The number of rotatable bonds is 3. The van der Waals surface area contributed by atoms with E-state index < -0.39 is 5.54 Å². The highest BCUT2D eigenvalue weighted by Crippen LogP contribution is 2.30. The first kappa shape index (κ1) is 14.6. The molecule has 3 rings (SSSR count). The quantitative estimate of drug-likeness (QED) is 0.928. The number of likely N-dealkylation sites (tertiary alicyclic amines) is 1. The van der Waals surface area contributed by atoms with Gasteiger partial charge in [-0.1, -0.05) is 49.6 Å². The van der Waals surface area contributed by atoms with E-state index >= 15 is 0 Å². The fourth-order valence-corrected chi connectivity index (χ4v) is 3.84. The summed E-state index contributed by atoms with van der Waals surface area (Å²) in [4.78, 5) is 14.7. The first-order valence-corrected chi connectivity index (χ1v) is 8.29. The zero-order chi connectivity index (χ0) is 14.7. The van der Waals surface area contributed by atoms with Crippen LogP contribution in [0.3, 0.4) is 0 Å². The molecule has 1 saturated heterocycles. The van der Waals surface area contributed by atoms with E-state index in [2.05, 4.69) is 30.3 Å². The molecule has 1 saturated carbocycles. The van der Waals surface area contributed by atoms with Gasteiger partial charge in [0.25, 0.3) is 0 Å². The normalized spacial score (nSPS) is 25.0. The molecule has 2 aliphatic rings. The molecule has 0 bridgehead atoms. The minimum Gasteiger partial charge on any atom is -0.341 e. The molecule has 1 heterocycles. The summed E-state index contributed by atoms with van der Waals surface area (Å²) >= 11 is 0. The molecule has 1 unspecified atom stereocenters. The average Bonchev–Trinajstić information content (AvgIpc) is 2.96. The fraction of sp³-hybridized carbons (Fsp3) is 0.611. The van der Waals surface area contributed by atoms with Gasteiger partial charge in [-0.3, -0.25) is 4.79 Å². The SMILES string of the molecule is NC1(C(=O)N2CCC(Cc3ccccc3)C2)CCCCC1. The number of nitrogens with zero attached hydrogens (tertiary/aromatic N) is 1. The lowest BCUT2D eigenvalue weighted by molar-refractivity contribution is -0.137. The number of carbonyl (C=O) groups excluding carboxylic acids is 1. The molecule has 1 aromatic rings. The summed E-state index contributed by atoms with van der Waals surface area (Å²) < 4.78 is 0. The van der Waals surface area contributed by atoms with Gasteiger partial charge in [0.05, 0.1) is 5.54 Å². The summed E-state index contributed by atoms with van der Waals surface area (Å²) in [7, 11) is 0. The minimum atomic E-state index is -0.570. The van der Waals surface area contributed by atoms with E-state index in [1.807, 2.05) is 4.90 Å². The van der Waals surface area contributed by atoms with Crippen molar-refractivity contribution in [3.05, 3.63) is 35.9 Å². The predicted molar refractivity (Wildman–Crippen MR) is 84.8 cm³/mol. The second-order valence-corrected chi connectivity index (χ2v) is 6.81. The van der Waals surface area contributed by atoms with Crippen molar-refractivity contribution in [2.75, 3.05) is 13.1 Å². The number of amides is 1. The van der Waals surface area contributed by atoms with E-state index in [1.54, 1.807) is 0 Å². The molecule has 114 valence electrons. The molecule has 3 nitrogen and oxygen atoms in total. The lowest BCUT2D eigenvalue weighted by Gasteiger charge is -2.35. The van der Waals surface area contributed by atoms with Crippen molar-refractivity contribution in [2.45, 2.75) is 50.5 Å². The molecule has 1 amide bonds. The Kier molecular flexibility index (Phi) is 4.29. The predicted octanol–water partition coefficient (Wildman–Crippen LogP) is 2.74. The van der Waals surface area contributed by atoms with Crippen LogP contribution in [0.1, 0.15) is 44.1 Å². The molecule has 1 aromatic carbocycles. The minimum absolute atomic E-state index is 0.206. The Hall–Kier alpha value is -1.35. The van der Waals surface area contributed by atoms with Crippen molar-refractivity contribution < 1.29 is 4.79 Å². The van der Waals surface area contributed by atoms with Crippen LogP contribution in [0.25, 0.3) is 0 Å². The van der Waals surface area contributed by atoms with Crippen molar-refractivity contribution >= 4 is 5.91 Å². The van der Waals surface area contributed by atoms with E-state index in [0.29, 0.717) is 5.92 Å². The number of benzene rings is 1. The maximum Gasteiger partial charge on any atom is 0.242 e. The molecule has 3 heteroatoms. The molecule has 2 N–H and O–H groups in total. The highest BCUT2D eigenvalue weighted by Gasteiger charge is 2.40. The highest BCUT2D eigenvalue weighted by molar-refractivity contribution is 5.86. The van der Waals surface area contributed by atoms with E-state index in [1.165, 1.54) is 12.0 Å². The Balaban J connectivity index is 1.58. The van der Waals surface area contributed by atoms with Crippen LogP contribution in [-0.2, 0) is 11.2 Å². The number of nitrogens with two attached hydrogens (primary N) is 1. The lowest BCUT2D eigenvalue weighted by atomic mass is 9.81. The summed E-state index contributed by atoms with van der Waals surface area (Å²) in [6.07, 6.45) is 7.34. The topological polar surface area (TPSA) is 46.3 Å².